The zero-order chi connectivity index (χ0) is 22.6. The lowest BCUT2D eigenvalue weighted by Crippen LogP contribution is -2.30. The number of anilines is 1. The van der Waals surface area contributed by atoms with Crippen molar-refractivity contribution in [1.29, 1.82) is 0 Å². The first kappa shape index (κ1) is 22.5. The molecule has 0 bridgehead atoms. The van der Waals surface area contributed by atoms with Crippen LogP contribution in [-0.2, 0) is 23.1 Å². The van der Waals surface area contributed by atoms with E-state index in [-0.39, 0.29) is 18.0 Å². The van der Waals surface area contributed by atoms with Crippen LogP contribution in [-0.4, -0.2) is 32.5 Å². The van der Waals surface area contributed by atoms with E-state index in [0.29, 0.717) is 17.8 Å². The monoisotopic (exact) mass is 440 g/mol. The maximum atomic E-state index is 14.0. The zero-order valence-corrected chi connectivity index (χ0v) is 18.6. The van der Waals surface area contributed by atoms with Gasteiger partial charge < -0.3 is 4.90 Å². The molecule has 0 aromatic heterocycles. The molecule has 0 N–H and O–H groups in total. The molecule has 7 heteroatoms. The average Bonchev–Trinajstić information content (AvgIpc) is 2.73. The molecule has 162 valence electrons. The highest BCUT2D eigenvalue weighted by Crippen LogP contribution is 2.23. The smallest absolute Gasteiger partial charge is 0.253 e. The SMILES string of the molecule is Cc1ccc(CN(C)C(=O)c2ccc(N(Cc3ccccc3F)S(C)(=O)=O)cc2)cc1. The van der Waals surface area contributed by atoms with E-state index in [4.69, 9.17) is 0 Å². The highest BCUT2D eigenvalue weighted by Gasteiger charge is 2.20. The third kappa shape index (κ3) is 5.70. The zero-order valence-electron chi connectivity index (χ0n) is 17.7. The lowest BCUT2D eigenvalue weighted by molar-refractivity contribution is 0.0785. The maximum Gasteiger partial charge on any atom is 0.253 e. The van der Waals surface area contributed by atoms with Crippen molar-refractivity contribution in [2.24, 2.45) is 0 Å². The molecule has 0 aliphatic rings. The molecule has 0 radical (unpaired) electrons. The highest BCUT2D eigenvalue weighted by atomic mass is 32.2. The molecular weight excluding hydrogens is 415 g/mol. The van der Waals surface area contributed by atoms with Gasteiger partial charge in [0.2, 0.25) is 10.0 Å². The van der Waals surface area contributed by atoms with E-state index in [1.54, 1.807) is 54.4 Å². The van der Waals surface area contributed by atoms with E-state index in [1.807, 2.05) is 31.2 Å². The fourth-order valence-electron chi connectivity index (χ4n) is 3.21. The molecule has 3 rings (SSSR count). The van der Waals surface area contributed by atoms with Crippen LogP contribution in [0.25, 0.3) is 0 Å². The first-order chi connectivity index (χ1) is 14.6. The summed E-state index contributed by atoms with van der Waals surface area (Å²) in [5.41, 5.74) is 3.25. The first-order valence-corrected chi connectivity index (χ1v) is 11.6. The number of rotatable bonds is 7. The lowest BCUT2D eigenvalue weighted by atomic mass is 10.1. The number of carbonyl (C=O) groups excluding carboxylic acids is 1. The van der Waals surface area contributed by atoms with Crippen molar-refractivity contribution in [3.63, 3.8) is 0 Å². The van der Waals surface area contributed by atoms with Gasteiger partial charge in [-0.1, -0.05) is 48.0 Å². The molecule has 0 unspecified atom stereocenters. The number of aryl methyl sites for hydroxylation is 1. The van der Waals surface area contributed by atoms with E-state index >= 15 is 0 Å². The molecule has 3 aromatic rings. The van der Waals surface area contributed by atoms with Crippen molar-refractivity contribution < 1.29 is 17.6 Å². The molecule has 0 aliphatic carbocycles. The number of amides is 1. The van der Waals surface area contributed by atoms with Crippen LogP contribution in [0.2, 0.25) is 0 Å². The molecule has 0 aliphatic heterocycles. The minimum atomic E-state index is -3.66. The molecule has 3 aromatic carbocycles. The Hall–Kier alpha value is -3.19. The van der Waals surface area contributed by atoms with Crippen LogP contribution in [0.5, 0.6) is 0 Å². The number of carbonyl (C=O) groups is 1. The molecule has 1 amide bonds. The quantitative estimate of drug-likeness (QED) is 0.548. The summed E-state index contributed by atoms with van der Waals surface area (Å²) in [6.45, 7) is 2.34. The summed E-state index contributed by atoms with van der Waals surface area (Å²) >= 11 is 0. The topological polar surface area (TPSA) is 57.7 Å². The van der Waals surface area contributed by atoms with Gasteiger partial charge in [-0.3, -0.25) is 9.10 Å². The second kappa shape index (κ2) is 9.31. The molecular formula is C24H25FN2O3S. The Labute approximate surface area is 182 Å². The molecule has 0 atom stereocenters. The molecule has 0 fully saturated rings. The summed E-state index contributed by atoms with van der Waals surface area (Å²) in [5.74, 6) is -0.646. The van der Waals surface area contributed by atoms with Crippen molar-refractivity contribution in [3.05, 3.63) is 101 Å². The summed E-state index contributed by atoms with van der Waals surface area (Å²) in [6, 6.07) is 20.3. The van der Waals surface area contributed by atoms with Crippen LogP contribution < -0.4 is 4.31 Å². The average molecular weight is 441 g/mol. The molecule has 0 saturated heterocycles. The Kier molecular flexibility index (Phi) is 6.75. The van der Waals surface area contributed by atoms with E-state index in [0.717, 1.165) is 21.7 Å². The van der Waals surface area contributed by atoms with Gasteiger partial charge in [-0.05, 0) is 42.8 Å². The van der Waals surface area contributed by atoms with Gasteiger partial charge in [0.15, 0.2) is 0 Å². The number of nitrogens with zero attached hydrogens (tertiary/aromatic N) is 2. The van der Waals surface area contributed by atoms with Crippen LogP contribution in [0.1, 0.15) is 27.0 Å². The molecule has 0 spiro atoms. The predicted octanol–water partition coefficient (Wildman–Crippen LogP) is 4.37. The predicted molar refractivity (Wildman–Crippen MR) is 121 cm³/mol. The summed E-state index contributed by atoms with van der Waals surface area (Å²) in [7, 11) is -1.94. The third-order valence-corrected chi connectivity index (χ3v) is 6.10. The van der Waals surface area contributed by atoms with E-state index in [2.05, 4.69) is 0 Å². The highest BCUT2D eigenvalue weighted by molar-refractivity contribution is 7.92. The van der Waals surface area contributed by atoms with Gasteiger partial charge in [0.1, 0.15) is 5.82 Å². The Morgan fingerprint density at radius 1 is 0.903 bits per heavy atom. The van der Waals surface area contributed by atoms with Gasteiger partial charge in [0, 0.05) is 24.7 Å². The number of hydrogen-bond donors (Lipinski definition) is 0. The van der Waals surface area contributed by atoms with Gasteiger partial charge in [0.25, 0.3) is 5.91 Å². The van der Waals surface area contributed by atoms with Crippen molar-refractivity contribution in [3.8, 4) is 0 Å². The number of hydrogen-bond acceptors (Lipinski definition) is 3. The van der Waals surface area contributed by atoms with Crippen molar-refractivity contribution in [2.75, 3.05) is 17.6 Å². The van der Waals surface area contributed by atoms with Gasteiger partial charge in [0.05, 0.1) is 18.5 Å². The van der Waals surface area contributed by atoms with Crippen molar-refractivity contribution in [2.45, 2.75) is 20.0 Å². The summed E-state index contributed by atoms with van der Waals surface area (Å²) in [4.78, 5) is 14.4. The second-order valence-corrected chi connectivity index (χ2v) is 9.46. The molecule has 0 saturated carbocycles. The van der Waals surface area contributed by atoms with Gasteiger partial charge in [-0.2, -0.15) is 0 Å². The number of sulfonamides is 1. The Balaban J connectivity index is 1.78. The summed E-state index contributed by atoms with van der Waals surface area (Å²) < 4.78 is 39.8. The van der Waals surface area contributed by atoms with Crippen LogP contribution >= 0.6 is 0 Å². The fraction of sp³-hybridized carbons (Fsp3) is 0.208. The minimum absolute atomic E-state index is 0.133. The second-order valence-electron chi connectivity index (χ2n) is 7.55. The third-order valence-electron chi connectivity index (χ3n) is 4.96. The Morgan fingerprint density at radius 3 is 2.10 bits per heavy atom. The van der Waals surface area contributed by atoms with Crippen LogP contribution in [0, 0.1) is 12.7 Å². The van der Waals surface area contributed by atoms with Crippen LogP contribution in [0.4, 0.5) is 10.1 Å². The summed E-state index contributed by atoms with van der Waals surface area (Å²) in [5, 5.41) is 0. The van der Waals surface area contributed by atoms with Gasteiger partial charge >= 0.3 is 0 Å². The van der Waals surface area contributed by atoms with E-state index in [9.17, 15) is 17.6 Å². The van der Waals surface area contributed by atoms with Crippen LogP contribution in [0.3, 0.4) is 0 Å². The van der Waals surface area contributed by atoms with Crippen molar-refractivity contribution >= 4 is 21.6 Å². The summed E-state index contributed by atoms with van der Waals surface area (Å²) in [6.07, 6.45) is 1.07. The first-order valence-electron chi connectivity index (χ1n) is 9.77. The Bertz CT molecular complexity index is 1160. The molecule has 0 heterocycles. The minimum Gasteiger partial charge on any atom is -0.337 e. The number of halogens is 1. The largest absolute Gasteiger partial charge is 0.337 e. The van der Waals surface area contributed by atoms with Crippen molar-refractivity contribution in [1.82, 2.24) is 4.90 Å². The van der Waals surface area contributed by atoms with Crippen LogP contribution in [0.15, 0.2) is 72.8 Å². The van der Waals surface area contributed by atoms with E-state index in [1.165, 1.54) is 6.07 Å². The maximum absolute atomic E-state index is 14.0. The number of benzene rings is 3. The fourth-order valence-corrected chi connectivity index (χ4v) is 4.09. The standard InChI is InChI=1S/C24H25FN2O3S/c1-18-8-10-19(11-9-18)16-26(2)24(28)20-12-14-22(15-13-20)27(31(3,29)30)17-21-6-4-5-7-23(21)25/h4-15H,16-17H2,1-3H3. The van der Waals surface area contributed by atoms with E-state index < -0.39 is 15.8 Å². The molecule has 31 heavy (non-hydrogen) atoms. The molecule has 5 nitrogen and oxygen atoms in total. The van der Waals surface area contributed by atoms with Gasteiger partial charge in [-0.15, -0.1) is 0 Å². The Morgan fingerprint density at radius 2 is 1.52 bits per heavy atom. The van der Waals surface area contributed by atoms with Gasteiger partial charge in [-0.25, -0.2) is 12.8 Å². The normalized spacial score (nSPS) is 11.2. The lowest BCUT2D eigenvalue weighted by Gasteiger charge is -2.23.